The molecule has 1 aliphatic heterocycles. The average Bonchev–Trinajstić information content (AvgIpc) is 3.51. The Hall–Kier alpha value is -4.47. The minimum atomic E-state index is -0.822. The number of rotatable bonds is 8. The number of halogens is 1. The summed E-state index contributed by atoms with van der Waals surface area (Å²) in [5.41, 5.74) is 2.60. The first kappa shape index (κ1) is 24.2. The highest BCUT2D eigenvalue weighted by Gasteiger charge is 2.33. The number of para-hydroxylation sites is 1. The molecule has 0 saturated heterocycles. The lowest BCUT2D eigenvalue weighted by atomic mass is 10.00. The van der Waals surface area contributed by atoms with E-state index >= 15 is 0 Å². The summed E-state index contributed by atoms with van der Waals surface area (Å²) in [4.78, 5) is 28.8. The normalized spacial score (nSPS) is 13.1. The van der Waals surface area contributed by atoms with E-state index in [1.807, 2.05) is 38.1 Å². The van der Waals surface area contributed by atoms with Crippen molar-refractivity contribution in [2.24, 2.45) is 5.92 Å². The number of carbonyl (C=O) groups is 2. The van der Waals surface area contributed by atoms with E-state index in [1.54, 1.807) is 30.3 Å². The Morgan fingerprint density at radius 2 is 1.81 bits per heavy atom. The number of nitrogens with one attached hydrogen (secondary N) is 1. The molecule has 10 heteroatoms. The summed E-state index contributed by atoms with van der Waals surface area (Å²) in [5.74, 6) is -0.141. The van der Waals surface area contributed by atoms with Crippen LogP contribution < -0.4 is 14.8 Å². The van der Waals surface area contributed by atoms with E-state index in [-0.39, 0.29) is 43.4 Å². The maximum atomic E-state index is 13.7. The average molecular weight is 504 g/mol. The van der Waals surface area contributed by atoms with E-state index in [4.69, 9.17) is 9.47 Å². The number of carbonyl (C=O) groups excluding carboxylic acids is 2. The fraction of sp³-hybridized carbons (Fsp3) is 0.259. The molecular formula is C27H26FN5O4. The van der Waals surface area contributed by atoms with Crippen molar-refractivity contribution >= 4 is 28.5 Å². The molecule has 1 atom stereocenters. The van der Waals surface area contributed by atoms with Gasteiger partial charge in [0, 0.05) is 18.3 Å². The molecular weight excluding hydrogens is 477 g/mol. The molecule has 2 amide bonds. The topological polar surface area (TPSA) is 98.6 Å². The highest BCUT2D eigenvalue weighted by atomic mass is 19.1. The number of ether oxygens (including phenoxy) is 2. The SMILES string of the molecule is CC(C)[C@H](C(=O)Nc1ccc2c(c1)OCO2)N(Cc1ccc(F)cc1)C(=O)Cn1nnc2ccccc21. The lowest BCUT2D eigenvalue weighted by Crippen LogP contribution is -2.50. The molecule has 0 saturated carbocycles. The van der Waals surface area contributed by atoms with Crippen LogP contribution in [0.5, 0.6) is 11.5 Å². The van der Waals surface area contributed by atoms with Gasteiger partial charge in [0.1, 0.15) is 23.9 Å². The molecule has 0 radical (unpaired) electrons. The number of nitrogens with zero attached hydrogens (tertiary/aromatic N) is 4. The molecule has 0 unspecified atom stereocenters. The van der Waals surface area contributed by atoms with Gasteiger partial charge in [-0.3, -0.25) is 9.59 Å². The van der Waals surface area contributed by atoms with Gasteiger partial charge in [0.15, 0.2) is 11.5 Å². The summed E-state index contributed by atoms with van der Waals surface area (Å²) in [6.07, 6.45) is 0. The molecule has 1 N–H and O–H groups in total. The maximum Gasteiger partial charge on any atom is 0.247 e. The van der Waals surface area contributed by atoms with Crippen LogP contribution in [0.1, 0.15) is 19.4 Å². The highest BCUT2D eigenvalue weighted by molar-refractivity contribution is 5.97. The second-order valence-corrected chi connectivity index (χ2v) is 9.13. The Bertz CT molecular complexity index is 1440. The first-order chi connectivity index (χ1) is 17.9. The molecule has 0 bridgehead atoms. The van der Waals surface area contributed by atoms with Gasteiger partial charge in [0.05, 0.1) is 5.52 Å². The third-order valence-corrected chi connectivity index (χ3v) is 6.17. The Balaban J connectivity index is 1.44. The van der Waals surface area contributed by atoms with Crippen molar-refractivity contribution in [2.75, 3.05) is 12.1 Å². The standard InChI is InChI=1S/C27H26FN5O4/c1-17(2)26(27(35)29-20-11-12-23-24(13-20)37-16-36-23)32(14-18-7-9-19(28)10-8-18)25(34)15-33-22-6-4-3-5-21(22)30-31-33/h3-13,17,26H,14-16H2,1-2H3,(H,29,35)/t26-/m1/s1. The molecule has 9 nitrogen and oxygen atoms in total. The van der Waals surface area contributed by atoms with Crippen LogP contribution in [0.2, 0.25) is 0 Å². The van der Waals surface area contributed by atoms with Crippen molar-refractivity contribution in [2.45, 2.75) is 33.0 Å². The quantitative estimate of drug-likeness (QED) is 0.390. The highest BCUT2D eigenvalue weighted by Crippen LogP contribution is 2.34. The van der Waals surface area contributed by atoms with Crippen LogP contribution in [-0.4, -0.2) is 44.5 Å². The fourth-order valence-electron chi connectivity index (χ4n) is 4.38. The van der Waals surface area contributed by atoms with Gasteiger partial charge in [-0.2, -0.15) is 0 Å². The van der Waals surface area contributed by atoms with E-state index in [2.05, 4.69) is 15.6 Å². The Labute approximate surface area is 212 Å². The van der Waals surface area contributed by atoms with Crippen molar-refractivity contribution in [1.29, 1.82) is 0 Å². The van der Waals surface area contributed by atoms with Gasteiger partial charge in [-0.15, -0.1) is 5.10 Å². The van der Waals surface area contributed by atoms with Crippen molar-refractivity contribution in [1.82, 2.24) is 19.9 Å². The molecule has 4 aromatic rings. The van der Waals surface area contributed by atoms with Crippen LogP contribution in [0.15, 0.2) is 66.7 Å². The van der Waals surface area contributed by atoms with E-state index in [0.29, 0.717) is 33.8 Å². The molecule has 190 valence electrons. The van der Waals surface area contributed by atoms with Gasteiger partial charge < -0.3 is 19.7 Å². The predicted molar refractivity (Wildman–Crippen MR) is 134 cm³/mol. The molecule has 0 spiro atoms. The molecule has 1 aromatic heterocycles. The molecule has 3 aromatic carbocycles. The second-order valence-electron chi connectivity index (χ2n) is 9.13. The van der Waals surface area contributed by atoms with E-state index in [9.17, 15) is 14.0 Å². The van der Waals surface area contributed by atoms with Crippen molar-refractivity contribution in [3.8, 4) is 11.5 Å². The molecule has 37 heavy (non-hydrogen) atoms. The zero-order valence-corrected chi connectivity index (χ0v) is 20.4. The minimum absolute atomic E-state index is 0.109. The largest absolute Gasteiger partial charge is 0.454 e. The summed E-state index contributed by atoms with van der Waals surface area (Å²) in [6.45, 7) is 3.88. The predicted octanol–water partition coefficient (Wildman–Crippen LogP) is 3.99. The Morgan fingerprint density at radius 1 is 1.05 bits per heavy atom. The number of hydrogen-bond donors (Lipinski definition) is 1. The lowest BCUT2D eigenvalue weighted by molar-refractivity contribution is -0.141. The van der Waals surface area contributed by atoms with E-state index in [0.717, 1.165) is 0 Å². The third kappa shape index (κ3) is 5.23. The summed E-state index contributed by atoms with van der Waals surface area (Å²) in [7, 11) is 0. The Morgan fingerprint density at radius 3 is 2.59 bits per heavy atom. The van der Waals surface area contributed by atoms with Gasteiger partial charge in [0.25, 0.3) is 0 Å². The number of amides is 2. The van der Waals surface area contributed by atoms with Crippen LogP contribution in [0, 0.1) is 11.7 Å². The molecule has 0 aliphatic carbocycles. The number of aromatic nitrogens is 3. The van der Waals surface area contributed by atoms with Crippen molar-refractivity contribution in [3.63, 3.8) is 0 Å². The van der Waals surface area contributed by atoms with Crippen LogP contribution in [0.4, 0.5) is 10.1 Å². The van der Waals surface area contributed by atoms with Crippen LogP contribution in [-0.2, 0) is 22.7 Å². The summed E-state index contributed by atoms with van der Waals surface area (Å²) in [6, 6.07) is 17.5. The van der Waals surface area contributed by atoms with Gasteiger partial charge in [-0.05, 0) is 47.9 Å². The maximum absolute atomic E-state index is 13.7. The van der Waals surface area contributed by atoms with Crippen molar-refractivity contribution in [3.05, 3.63) is 78.1 Å². The number of benzene rings is 3. The summed E-state index contributed by atoms with van der Waals surface area (Å²) < 4.78 is 25.8. The van der Waals surface area contributed by atoms with Gasteiger partial charge >= 0.3 is 0 Å². The Kier molecular flexibility index (Phi) is 6.72. The van der Waals surface area contributed by atoms with Crippen LogP contribution >= 0.6 is 0 Å². The van der Waals surface area contributed by atoms with Gasteiger partial charge in [0.2, 0.25) is 18.6 Å². The minimum Gasteiger partial charge on any atom is -0.454 e. The lowest BCUT2D eigenvalue weighted by Gasteiger charge is -2.33. The van der Waals surface area contributed by atoms with E-state index < -0.39 is 6.04 Å². The second kappa shape index (κ2) is 10.3. The molecule has 5 rings (SSSR count). The van der Waals surface area contributed by atoms with E-state index in [1.165, 1.54) is 21.7 Å². The number of anilines is 1. The fourth-order valence-corrected chi connectivity index (χ4v) is 4.38. The summed E-state index contributed by atoms with van der Waals surface area (Å²) in [5, 5.41) is 11.2. The number of fused-ring (bicyclic) bond motifs is 2. The molecule has 0 fully saturated rings. The molecule has 2 heterocycles. The zero-order valence-electron chi connectivity index (χ0n) is 20.4. The smallest absolute Gasteiger partial charge is 0.247 e. The zero-order chi connectivity index (χ0) is 25.9. The first-order valence-electron chi connectivity index (χ1n) is 11.9. The number of hydrogen-bond acceptors (Lipinski definition) is 6. The molecule has 1 aliphatic rings. The van der Waals surface area contributed by atoms with Gasteiger partial charge in [-0.1, -0.05) is 43.3 Å². The summed E-state index contributed by atoms with van der Waals surface area (Å²) >= 11 is 0. The van der Waals surface area contributed by atoms with Gasteiger partial charge in [-0.25, -0.2) is 9.07 Å². The third-order valence-electron chi connectivity index (χ3n) is 6.17. The van der Waals surface area contributed by atoms with Crippen LogP contribution in [0.3, 0.4) is 0 Å². The monoisotopic (exact) mass is 503 g/mol. The first-order valence-corrected chi connectivity index (χ1v) is 11.9. The van der Waals surface area contributed by atoms with Crippen LogP contribution in [0.25, 0.3) is 11.0 Å². The van der Waals surface area contributed by atoms with Crippen molar-refractivity contribution < 1.29 is 23.5 Å².